The highest BCUT2D eigenvalue weighted by Crippen LogP contribution is 2.28. The van der Waals surface area contributed by atoms with Crippen LogP contribution < -0.4 is 5.32 Å². The number of aromatic nitrogens is 1. The molecule has 6 heteroatoms. The van der Waals surface area contributed by atoms with Crippen LogP contribution in [0.4, 0.5) is 5.69 Å². The minimum absolute atomic E-state index is 0.229. The monoisotopic (exact) mass is 303 g/mol. The van der Waals surface area contributed by atoms with Crippen LogP contribution in [0.25, 0.3) is 0 Å². The van der Waals surface area contributed by atoms with Gasteiger partial charge in [-0.3, -0.25) is 4.98 Å². The summed E-state index contributed by atoms with van der Waals surface area (Å²) in [6.07, 6.45) is 3.72. The summed E-state index contributed by atoms with van der Waals surface area (Å²) in [5, 5.41) is 2.91. The van der Waals surface area contributed by atoms with E-state index in [1.807, 2.05) is 18.2 Å². The number of rotatable bonds is 3. The third-order valence-electron chi connectivity index (χ3n) is 3.77. The van der Waals surface area contributed by atoms with Crippen molar-refractivity contribution in [2.75, 3.05) is 18.9 Å². The third-order valence-corrected chi connectivity index (χ3v) is 5.64. The number of pyridine rings is 1. The molecule has 0 amide bonds. The van der Waals surface area contributed by atoms with Crippen LogP contribution in [0.15, 0.2) is 47.6 Å². The number of nitrogens with zero attached hydrogens (tertiary/aromatic N) is 2. The van der Waals surface area contributed by atoms with E-state index in [0.717, 1.165) is 12.0 Å². The fraction of sp³-hybridized carbons (Fsp3) is 0.267. The quantitative estimate of drug-likeness (QED) is 0.940. The lowest BCUT2D eigenvalue weighted by molar-refractivity contribution is 0.391. The summed E-state index contributed by atoms with van der Waals surface area (Å²) < 4.78 is 27.2. The van der Waals surface area contributed by atoms with Crippen LogP contribution in [0.2, 0.25) is 0 Å². The van der Waals surface area contributed by atoms with Crippen molar-refractivity contribution in [3.8, 4) is 0 Å². The summed E-state index contributed by atoms with van der Waals surface area (Å²) in [5.41, 5.74) is 2.87. The van der Waals surface area contributed by atoms with Crippen LogP contribution in [-0.2, 0) is 23.0 Å². The van der Waals surface area contributed by atoms with Gasteiger partial charge < -0.3 is 5.32 Å². The average molecular weight is 303 g/mol. The van der Waals surface area contributed by atoms with Crippen molar-refractivity contribution < 1.29 is 8.42 Å². The van der Waals surface area contributed by atoms with Gasteiger partial charge in [-0.25, -0.2) is 8.42 Å². The van der Waals surface area contributed by atoms with Gasteiger partial charge in [-0.05, 0) is 23.6 Å². The molecule has 2 aromatic rings. The van der Waals surface area contributed by atoms with Crippen molar-refractivity contribution in [1.82, 2.24) is 9.29 Å². The molecule has 3 rings (SSSR count). The number of hydrogen-bond acceptors (Lipinski definition) is 4. The zero-order chi connectivity index (χ0) is 14.9. The van der Waals surface area contributed by atoms with Gasteiger partial charge in [0.2, 0.25) is 10.0 Å². The molecule has 0 aliphatic carbocycles. The Kier molecular flexibility index (Phi) is 3.65. The molecule has 0 spiro atoms. The van der Waals surface area contributed by atoms with E-state index < -0.39 is 10.0 Å². The predicted octanol–water partition coefficient (Wildman–Crippen LogP) is 1.87. The maximum absolute atomic E-state index is 12.8. The molecule has 0 saturated carbocycles. The van der Waals surface area contributed by atoms with Crippen LogP contribution in [0, 0.1) is 0 Å². The van der Waals surface area contributed by atoms with Crippen LogP contribution in [0.5, 0.6) is 0 Å². The predicted molar refractivity (Wildman–Crippen MR) is 81.5 cm³/mol. The Balaban J connectivity index is 1.97. The molecule has 0 atom stereocenters. The molecule has 110 valence electrons. The largest absolute Gasteiger partial charge is 0.387 e. The molecule has 2 heterocycles. The van der Waals surface area contributed by atoms with Gasteiger partial charge in [-0.2, -0.15) is 4.31 Å². The number of hydrogen-bond donors (Lipinski definition) is 1. The molecule has 0 bridgehead atoms. The average Bonchev–Trinajstić information content (AvgIpc) is 2.54. The van der Waals surface area contributed by atoms with Crippen molar-refractivity contribution in [3.63, 3.8) is 0 Å². The Morgan fingerprint density at radius 2 is 1.95 bits per heavy atom. The van der Waals surface area contributed by atoms with Gasteiger partial charge in [-0.15, -0.1) is 0 Å². The van der Waals surface area contributed by atoms with Crippen LogP contribution >= 0.6 is 0 Å². The van der Waals surface area contributed by atoms with E-state index in [1.165, 1.54) is 16.1 Å². The lowest BCUT2D eigenvalue weighted by Crippen LogP contribution is -2.36. The van der Waals surface area contributed by atoms with E-state index >= 15 is 0 Å². The molecule has 1 aliphatic heterocycles. The second kappa shape index (κ2) is 5.46. The first kappa shape index (κ1) is 14.0. The number of sulfonamides is 1. The van der Waals surface area contributed by atoms with Gasteiger partial charge >= 0.3 is 0 Å². The topological polar surface area (TPSA) is 62.3 Å². The molecule has 1 aromatic carbocycles. The highest BCUT2D eigenvalue weighted by atomic mass is 32.2. The van der Waals surface area contributed by atoms with E-state index in [9.17, 15) is 8.42 Å². The van der Waals surface area contributed by atoms with Crippen LogP contribution in [0.1, 0.15) is 11.1 Å². The number of benzene rings is 1. The summed E-state index contributed by atoms with van der Waals surface area (Å²) >= 11 is 0. The molecular weight excluding hydrogens is 286 g/mol. The highest BCUT2D eigenvalue weighted by Gasteiger charge is 2.30. The molecule has 5 nitrogen and oxygen atoms in total. The Morgan fingerprint density at radius 3 is 2.71 bits per heavy atom. The molecule has 0 unspecified atom stereocenters. The first-order valence-corrected chi connectivity index (χ1v) is 8.25. The third kappa shape index (κ3) is 2.52. The lowest BCUT2D eigenvalue weighted by atomic mass is 10.0. The molecule has 1 aliphatic rings. The number of fused-ring (bicyclic) bond motifs is 1. The lowest BCUT2D eigenvalue weighted by Gasteiger charge is -2.28. The van der Waals surface area contributed by atoms with Gasteiger partial charge in [-0.1, -0.05) is 24.3 Å². The molecule has 0 saturated heterocycles. The second-order valence-corrected chi connectivity index (χ2v) is 6.89. The smallest absolute Gasteiger partial charge is 0.246 e. The minimum Gasteiger partial charge on any atom is -0.387 e. The van der Waals surface area contributed by atoms with Crippen LogP contribution in [0.3, 0.4) is 0 Å². The summed E-state index contributed by atoms with van der Waals surface area (Å²) in [7, 11) is -1.83. The summed E-state index contributed by atoms with van der Waals surface area (Å²) in [6.45, 7) is 0.911. The SMILES string of the molecule is CNc1ccncc1S(=O)(=O)N1CCc2ccccc2C1. The van der Waals surface area contributed by atoms with Crippen molar-refractivity contribution >= 4 is 15.7 Å². The Labute approximate surface area is 124 Å². The van der Waals surface area contributed by atoms with Crippen molar-refractivity contribution in [2.45, 2.75) is 17.9 Å². The maximum atomic E-state index is 12.8. The van der Waals surface area contributed by atoms with E-state index in [0.29, 0.717) is 18.8 Å². The summed E-state index contributed by atoms with van der Waals surface area (Å²) in [5.74, 6) is 0. The molecule has 0 fully saturated rings. The standard InChI is InChI=1S/C15H17N3O2S/c1-16-14-6-8-17-10-15(14)21(19,20)18-9-7-12-4-2-3-5-13(12)11-18/h2-6,8,10H,7,9,11H2,1H3,(H,16,17). The van der Waals surface area contributed by atoms with Gasteiger partial charge in [0.25, 0.3) is 0 Å². The molecule has 21 heavy (non-hydrogen) atoms. The Morgan fingerprint density at radius 1 is 1.19 bits per heavy atom. The number of nitrogens with one attached hydrogen (secondary N) is 1. The van der Waals surface area contributed by atoms with Crippen LogP contribution in [-0.4, -0.2) is 31.3 Å². The zero-order valence-electron chi connectivity index (χ0n) is 11.8. The second-order valence-electron chi connectivity index (χ2n) is 4.98. The highest BCUT2D eigenvalue weighted by molar-refractivity contribution is 7.89. The van der Waals surface area contributed by atoms with Gasteiger partial charge in [0.05, 0.1) is 5.69 Å². The molecular formula is C15H17N3O2S. The summed E-state index contributed by atoms with van der Waals surface area (Å²) in [4.78, 5) is 4.18. The van der Waals surface area contributed by atoms with Gasteiger partial charge in [0.15, 0.2) is 0 Å². The van der Waals surface area contributed by atoms with Crippen molar-refractivity contribution in [3.05, 3.63) is 53.9 Å². The molecule has 0 radical (unpaired) electrons. The van der Waals surface area contributed by atoms with Gasteiger partial charge in [0.1, 0.15) is 4.90 Å². The van der Waals surface area contributed by atoms with Crippen molar-refractivity contribution in [2.24, 2.45) is 0 Å². The van der Waals surface area contributed by atoms with Crippen molar-refractivity contribution in [1.29, 1.82) is 0 Å². The number of anilines is 1. The van der Waals surface area contributed by atoms with E-state index in [-0.39, 0.29) is 4.90 Å². The van der Waals surface area contributed by atoms with E-state index in [1.54, 1.807) is 19.3 Å². The Hall–Kier alpha value is -1.92. The first-order chi connectivity index (χ1) is 10.1. The Bertz CT molecular complexity index is 759. The summed E-state index contributed by atoms with van der Waals surface area (Å²) in [6, 6.07) is 9.65. The fourth-order valence-corrected chi connectivity index (χ4v) is 4.17. The minimum atomic E-state index is -3.54. The molecule has 1 N–H and O–H groups in total. The fourth-order valence-electron chi connectivity index (χ4n) is 2.61. The van der Waals surface area contributed by atoms with E-state index in [4.69, 9.17) is 0 Å². The normalized spacial score (nSPS) is 15.5. The van der Waals surface area contributed by atoms with Gasteiger partial charge in [0, 0.05) is 32.5 Å². The van der Waals surface area contributed by atoms with E-state index in [2.05, 4.69) is 16.4 Å². The maximum Gasteiger partial charge on any atom is 0.246 e. The molecule has 1 aromatic heterocycles. The first-order valence-electron chi connectivity index (χ1n) is 6.81. The zero-order valence-corrected chi connectivity index (χ0v) is 12.6.